The van der Waals surface area contributed by atoms with Crippen LogP contribution in [0.15, 0.2) is 0 Å². The Morgan fingerprint density at radius 2 is 2.17 bits per heavy atom. The molecule has 0 spiro atoms. The minimum atomic E-state index is -0.808. The van der Waals surface area contributed by atoms with E-state index in [0.717, 1.165) is 0 Å². The predicted octanol–water partition coefficient (Wildman–Crippen LogP) is 0.120. The molecule has 0 aromatic carbocycles. The highest BCUT2D eigenvalue weighted by Crippen LogP contribution is 2.23. The average Bonchev–Trinajstić information content (AvgIpc) is 2.30. The highest BCUT2D eigenvalue weighted by Gasteiger charge is 2.35. The van der Waals surface area contributed by atoms with E-state index in [0.29, 0.717) is 13.0 Å². The SMILES string of the molecule is CC(C)N1CC(C(=O)O)CC1O. The van der Waals surface area contributed by atoms with Gasteiger partial charge in [-0.2, -0.15) is 0 Å². The molecule has 1 aliphatic heterocycles. The number of likely N-dealkylation sites (tertiary alicyclic amines) is 1. The number of carbonyl (C=O) groups is 1. The van der Waals surface area contributed by atoms with Gasteiger partial charge in [-0.1, -0.05) is 0 Å². The van der Waals surface area contributed by atoms with E-state index in [2.05, 4.69) is 0 Å². The van der Waals surface area contributed by atoms with Gasteiger partial charge >= 0.3 is 5.97 Å². The molecule has 0 aromatic rings. The predicted molar refractivity (Wildman–Crippen MR) is 43.6 cm³/mol. The summed E-state index contributed by atoms with van der Waals surface area (Å²) in [7, 11) is 0. The first-order chi connectivity index (χ1) is 5.52. The molecule has 1 fully saturated rings. The van der Waals surface area contributed by atoms with Crippen molar-refractivity contribution in [1.29, 1.82) is 0 Å². The Kier molecular flexibility index (Phi) is 2.69. The van der Waals surface area contributed by atoms with E-state index < -0.39 is 18.1 Å². The van der Waals surface area contributed by atoms with E-state index in [1.54, 1.807) is 4.90 Å². The highest BCUT2D eigenvalue weighted by molar-refractivity contribution is 5.70. The molecule has 2 atom stereocenters. The Labute approximate surface area is 71.8 Å². The fourth-order valence-electron chi connectivity index (χ4n) is 1.57. The molecule has 0 aromatic heterocycles. The lowest BCUT2D eigenvalue weighted by atomic mass is 10.1. The zero-order chi connectivity index (χ0) is 9.30. The number of aliphatic hydroxyl groups excluding tert-OH is 1. The zero-order valence-corrected chi connectivity index (χ0v) is 7.40. The summed E-state index contributed by atoms with van der Waals surface area (Å²) < 4.78 is 0. The highest BCUT2D eigenvalue weighted by atomic mass is 16.4. The molecule has 4 heteroatoms. The van der Waals surface area contributed by atoms with Crippen molar-refractivity contribution in [1.82, 2.24) is 4.90 Å². The lowest BCUT2D eigenvalue weighted by Gasteiger charge is -2.23. The number of hydrogen-bond donors (Lipinski definition) is 2. The standard InChI is InChI=1S/C8H15NO3/c1-5(2)9-4-6(8(11)12)3-7(9)10/h5-7,10H,3-4H2,1-2H3,(H,11,12). The van der Waals surface area contributed by atoms with Gasteiger partial charge in [0, 0.05) is 19.0 Å². The molecule has 0 amide bonds. The summed E-state index contributed by atoms with van der Waals surface area (Å²) in [6.07, 6.45) is -0.223. The van der Waals surface area contributed by atoms with Crippen molar-refractivity contribution in [2.45, 2.75) is 32.5 Å². The zero-order valence-electron chi connectivity index (χ0n) is 7.40. The summed E-state index contributed by atoms with van der Waals surface area (Å²) in [5.41, 5.74) is 0. The lowest BCUT2D eigenvalue weighted by Crippen LogP contribution is -2.35. The van der Waals surface area contributed by atoms with Gasteiger partial charge in [0.25, 0.3) is 0 Å². The van der Waals surface area contributed by atoms with Crippen molar-refractivity contribution >= 4 is 5.97 Å². The normalized spacial score (nSPS) is 31.3. The van der Waals surface area contributed by atoms with Crippen LogP contribution >= 0.6 is 0 Å². The van der Waals surface area contributed by atoms with Crippen molar-refractivity contribution in [2.75, 3.05) is 6.54 Å². The second kappa shape index (κ2) is 3.41. The minimum Gasteiger partial charge on any atom is -0.481 e. The van der Waals surface area contributed by atoms with Gasteiger partial charge in [0.05, 0.1) is 5.92 Å². The van der Waals surface area contributed by atoms with Gasteiger partial charge in [0.2, 0.25) is 0 Å². The number of hydrogen-bond acceptors (Lipinski definition) is 3. The van der Waals surface area contributed by atoms with Crippen LogP contribution in [0, 0.1) is 5.92 Å². The largest absolute Gasteiger partial charge is 0.481 e. The number of rotatable bonds is 2. The van der Waals surface area contributed by atoms with Crippen molar-refractivity contribution in [2.24, 2.45) is 5.92 Å². The summed E-state index contributed by atoms with van der Waals surface area (Å²) >= 11 is 0. The third-order valence-electron chi connectivity index (χ3n) is 2.32. The van der Waals surface area contributed by atoms with Crippen LogP contribution in [0.25, 0.3) is 0 Å². The Morgan fingerprint density at radius 3 is 2.42 bits per heavy atom. The summed E-state index contributed by atoms with van der Waals surface area (Å²) in [6.45, 7) is 4.37. The van der Waals surface area contributed by atoms with E-state index >= 15 is 0 Å². The van der Waals surface area contributed by atoms with E-state index in [-0.39, 0.29) is 6.04 Å². The molecule has 2 unspecified atom stereocenters. The van der Waals surface area contributed by atoms with Gasteiger partial charge in [-0.05, 0) is 13.8 Å². The molecule has 0 aliphatic carbocycles. The van der Waals surface area contributed by atoms with Crippen LogP contribution in [-0.4, -0.2) is 39.9 Å². The lowest BCUT2D eigenvalue weighted by molar-refractivity contribution is -0.141. The Balaban J connectivity index is 2.56. The van der Waals surface area contributed by atoms with Gasteiger partial charge in [0.15, 0.2) is 0 Å². The van der Waals surface area contributed by atoms with Crippen LogP contribution in [0.5, 0.6) is 0 Å². The number of carboxylic acids is 1. The van der Waals surface area contributed by atoms with E-state index in [1.165, 1.54) is 0 Å². The minimum absolute atomic E-state index is 0.212. The van der Waals surface area contributed by atoms with Crippen LogP contribution in [0.3, 0.4) is 0 Å². The van der Waals surface area contributed by atoms with Crippen molar-refractivity contribution in [3.8, 4) is 0 Å². The molecular weight excluding hydrogens is 158 g/mol. The topological polar surface area (TPSA) is 60.8 Å². The molecule has 70 valence electrons. The second-order valence-corrected chi connectivity index (χ2v) is 3.54. The maximum Gasteiger partial charge on any atom is 0.307 e. The van der Waals surface area contributed by atoms with Gasteiger partial charge in [-0.15, -0.1) is 0 Å². The Morgan fingerprint density at radius 1 is 1.58 bits per heavy atom. The number of nitrogens with zero attached hydrogens (tertiary/aromatic N) is 1. The maximum atomic E-state index is 10.6. The second-order valence-electron chi connectivity index (χ2n) is 3.54. The maximum absolute atomic E-state index is 10.6. The van der Waals surface area contributed by atoms with E-state index in [4.69, 9.17) is 5.11 Å². The fraction of sp³-hybridized carbons (Fsp3) is 0.875. The average molecular weight is 173 g/mol. The van der Waals surface area contributed by atoms with E-state index in [9.17, 15) is 9.90 Å². The van der Waals surface area contributed by atoms with Crippen LogP contribution < -0.4 is 0 Å². The van der Waals surface area contributed by atoms with Crippen molar-refractivity contribution < 1.29 is 15.0 Å². The molecule has 0 bridgehead atoms. The van der Waals surface area contributed by atoms with Crippen LogP contribution in [0.1, 0.15) is 20.3 Å². The molecule has 0 radical (unpaired) electrons. The van der Waals surface area contributed by atoms with Crippen molar-refractivity contribution in [3.05, 3.63) is 0 Å². The van der Waals surface area contributed by atoms with Gasteiger partial charge < -0.3 is 10.2 Å². The summed E-state index contributed by atoms with van der Waals surface area (Å²) in [4.78, 5) is 12.4. The van der Waals surface area contributed by atoms with Crippen molar-refractivity contribution in [3.63, 3.8) is 0 Å². The number of aliphatic carboxylic acids is 1. The first-order valence-electron chi connectivity index (χ1n) is 4.19. The molecule has 1 saturated heterocycles. The van der Waals surface area contributed by atoms with Gasteiger partial charge in [-0.25, -0.2) is 0 Å². The molecule has 12 heavy (non-hydrogen) atoms. The Bertz CT molecular complexity index is 181. The smallest absolute Gasteiger partial charge is 0.307 e. The van der Waals surface area contributed by atoms with Crippen LogP contribution in [0.4, 0.5) is 0 Å². The van der Waals surface area contributed by atoms with Gasteiger partial charge in [0.1, 0.15) is 6.23 Å². The molecule has 1 rings (SSSR count). The summed E-state index contributed by atoms with van der Waals surface area (Å²) in [6, 6.07) is 0.212. The summed E-state index contributed by atoms with van der Waals surface area (Å²) in [5.74, 6) is -1.21. The molecule has 2 N–H and O–H groups in total. The molecule has 1 aliphatic rings. The Hall–Kier alpha value is -0.610. The molecule has 4 nitrogen and oxygen atoms in total. The number of carboxylic acid groups (broad SMARTS) is 1. The van der Waals surface area contributed by atoms with Crippen LogP contribution in [0.2, 0.25) is 0 Å². The van der Waals surface area contributed by atoms with Gasteiger partial charge in [-0.3, -0.25) is 9.69 Å². The van der Waals surface area contributed by atoms with Crippen LogP contribution in [-0.2, 0) is 4.79 Å². The third-order valence-corrected chi connectivity index (χ3v) is 2.32. The first-order valence-corrected chi connectivity index (χ1v) is 4.19. The third kappa shape index (κ3) is 1.76. The van der Waals surface area contributed by atoms with E-state index in [1.807, 2.05) is 13.8 Å². The molecular formula is C8H15NO3. The fourth-order valence-corrected chi connectivity index (χ4v) is 1.57. The number of aliphatic hydroxyl groups is 1. The first kappa shape index (κ1) is 9.48. The molecule has 1 heterocycles. The summed E-state index contributed by atoms with van der Waals surface area (Å²) in [5, 5.41) is 18.1. The quantitative estimate of drug-likeness (QED) is 0.622. The molecule has 0 saturated carbocycles. The monoisotopic (exact) mass is 173 g/mol.